The quantitative estimate of drug-likeness (QED) is 0.604. The van der Waals surface area contributed by atoms with E-state index >= 15 is 0 Å². The first-order valence-corrected chi connectivity index (χ1v) is 11.6. The average molecular weight is 452 g/mol. The fourth-order valence-corrected chi connectivity index (χ4v) is 4.52. The Morgan fingerprint density at radius 2 is 1.87 bits per heavy atom. The molecule has 2 aliphatic heterocycles. The van der Waals surface area contributed by atoms with E-state index in [1.807, 2.05) is 17.9 Å². The molecule has 5 nitrogen and oxygen atoms in total. The molecule has 2 aliphatic rings. The third-order valence-corrected chi connectivity index (χ3v) is 6.67. The second-order valence-electron chi connectivity index (χ2n) is 8.23. The van der Waals surface area contributed by atoms with Crippen LogP contribution in [0.3, 0.4) is 0 Å². The van der Waals surface area contributed by atoms with Gasteiger partial charge >= 0.3 is 0 Å². The van der Waals surface area contributed by atoms with Crippen molar-refractivity contribution in [2.24, 2.45) is 0 Å². The van der Waals surface area contributed by atoms with Crippen molar-refractivity contribution in [1.29, 1.82) is 0 Å². The van der Waals surface area contributed by atoms with Crippen LogP contribution in [0.1, 0.15) is 44.6 Å². The molecule has 0 radical (unpaired) electrons. The summed E-state index contributed by atoms with van der Waals surface area (Å²) in [5.74, 6) is 0.0563. The Balaban J connectivity index is 1.52. The minimum atomic E-state index is -0.0871. The van der Waals surface area contributed by atoms with Gasteiger partial charge in [0.25, 0.3) is 0 Å². The van der Waals surface area contributed by atoms with Crippen LogP contribution in [0.15, 0.2) is 24.3 Å². The maximum absolute atomic E-state index is 12.7. The smallest absolute Gasteiger partial charge is 0.246 e. The monoisotopic (exact) mass is 451 g/mol. The Kier molecular flexibility index (Phi) is 8.61. The highest BCUT2D eigenvalue weighted by molar-refractivity contribution is 6.42. The summed E-state index contributed by atoms with van der Waals surface area (Å²) in [4.78, 5) is 31.6. The van der Waals surface area contributed by atoms with Crippen LogP contribution in [0.25, 0.3) is 6.08 Å². The highest BCUT2D eigenvalue weighted by Crippen LogP contribution is 2.23. The average Bonchev–Trinajstić information content (AvgIpc) is 2.88. The highest BCUT2D eigenvalue weighted by atomic mass is 35.5. The normalized spacial score (nSPS) is 21.3. The van der Waals surface area contributed by atoms with E-state index in [0.29, 0.717) is 29.6 Å². The van der Waals surface area contributed by atoms with Gasteiger partial charge in [-0.15, -0.1) is 0 Å². The summed E-state index contributed by atoms with van der Waals surface area (Å²) in [5, 5.41) is 0.945. The topological polar surface area (TPSA) is 43.9 Å². The number of hydrogen-bond acceptors (Lipinski definition) is 3. The zero-order valence-corrected chi connectivity index (χ0v) is 19.2. The summed E-state index contributed by atoms with van der Waals surface area (Å²) in [6.45, 7) is 7.21. The van der Waals surface area contributed by atoms with Crippen LogP contribution in [0, 0.1) is 0 Å². The zero-order valence-electron chi connectivity index (χ0n) is 17.7. The summed E-state index contributed by atoms with van der Waals surface area (Å²) < 4.78 is 0. The zero-order chi connectivity index (χ0) is 21.5. The van der Waals surface area contributed by atoms with Crippen molar-refractivity contribution in [3.8, 4) is 0 Å². The third kappa shape index (κ3) is 6.47. The molecule has 1 aromatic carbocycles. The van der Waals surface area contributed by atoms with E-state index in [0.717, 1.165) is 25.1 Å². The predicted molar refractivity (Wildman–Crippen MR) is 123 cm³/mol. The molecule has 30 heavy (non-hydrogen) atoms. The predicted octanol–water partition coefficient (Wildman–Crippen LogP) is 4.33. The Morgan fingerprint density at radius 1 is 1.10 bits per heavy atom. The van der Waals surface area contributed by atoms with E-state index in [2.05, 4.69) is 4.90 Å². The van der Waals surface area contributed by atoms with Gasteiger partial charge in [-0.2, -0.15) is 0 Å². The van der Waals surface area contributed by atoms with Gasteiger partial charge in [-0.1, -0.05) is 35.7 Å². The van der Waals surface area contributed by atoms with Crippen LogP contribution in [0.2, 0.25) is 10.0 Å². The molecule has 7 heteroatoms. The first kappa shape index (κ1) is 23.1. The summed E-state index contributed by atoms with van der Waals surface area (Å²) in [5.41, 5.74) is 0.816. The maximum Gasteiger partial charge on any atom is 0.246 e. The van der Waals surface area contributed by atoms with Crippen LogP contribution >= 0.6 is 23.2 Å². The molecule has 1 atom stereocenters. The molecule has 2 fully saturated rings. The Hall–Kier alpha value is -1.56. The molecule has 2 amide bonds. The van der Waals surface area contributed by atoms with E-state index in [9.17, 15) is 9.59 Å². The number of nitrogens with zero attached hydrogens (tertiary/aromatic N) is 3. The summed E-state index contributed by atoms with van der Waals surface area (Å²) in [7, 11) is 0. The molecule has 1 aromatic rings. The fraction of sp³-hybridized carbons (Fsp3) is 0.565. The van der Waals surface area contributed by atoms with Crippen LogP contribution in [-0.4, -0.2) is 71.8 Å². The van der Waals surface area contributed by atoms with Gasteiger partial charge in [0.1, 0.15) is 0 Å². The molecule has 0 N–H and O–H groups in total. The number of rotatable bonds is 6. The van der Waals surface area contributed by atoms with Gasteiger partial charge in [0.05, 0.1) is 10.0 Å². The molecule has 2 saturated heterocycles. The third-order valence-electron chi connectivity index (χ3n) is 5.93. The van der Waals surface area contributed by atoms with Crippen molar-refractivity contribution in [2.75, 3.05) is 39.3 Å². The van der Waals surface area contributed by atoms with Crippen LogP contribution in [-0.2, 0) is 9.59 Å². The van der Waals surface area contributed by atoms with E-state index in [-0.39, 0.29) is 17.9 Å². The Labute approximate surface area is 189 Å². The number of likely N-dealkylation sites (tertiary alicyclic amines) is 1. The molecule has 0 aliphatic carbocycles. The van der Waals surface area contributed by atoms with E-state index in [1.165, 1.54) is 32.4 Å². The van der Waals surface area contributed by atoms with Crippen molar-refractivity contribution in [1.82, 2.24) is 14.7 Å². The van der Waals surface area contributed by atoms with E-state index in [4.69, 9.17) is 23.2 Å². The van der Waals surface area contributed by atoms with Gasteiger partial charge in [0, 0.05) is 38.2 Å². The molecule has 2 heterocycles. The number of benzene rings is 1. The van der Waals surface area contributed by atoms with Gasteiger partial charge in [-0.05, 0) is 69.6 Å². The van der Waals surface area contributed by atoms with Crippen molar-refractivity contribution in [3.63, 3.8) is 0 Å². The SMILES string of the molecule is CC1CN(C(=O)/C=C/c2ccc(Cl)c(Cl)c2)CCC(=O)N1CCCN1CCCCC1. The number of hydrogen-bond donors (Lipinski definition) is 0. The van der Waals surface area contributed by atoms with E-state index < -0.39 is 0 Å². The number of piperidine rings is 1. The minimum absolute atomic E-state index is 0.0173. The van der Waals surface area contributed by atoms with Crippen LogP contribution in [0.5, 0.6) is 0 Å². The Bertz CT molecular complexity index is 778. The maximum atomic E-state index is 12.7. The lowest BCUT2D eigenvalue weighted by Gasteiger charge is -2.31. The summed E-state index contributed by atoms with van der Waals surface area (Å²) in [6, 6.07) is 5.27. The lowest BCUT2D eigenvalue weighted by atomic mass is 10.1. The fourth-order valence-electron chi connectivity index (χ4n) is 4.21. The second-order valence-corrected chi connectivity index (χ2v) is 9.05. The molecule has 0 spiro atoms. The second kappa shape index (κ2) is 11.2. The van der Waals surface area contributed by atoms with Crippen LogP contribution in [0.4, 0.5) is 0 Å². The van der Waals surface area contributed by atoms with Crippen LogP contribution < -0.4 is 0 Å². The largest absolute Gasteiger partial charge is 0.338 e. The highest BCUT2D eigenvalue weighted by Gasteiger charge is 2.28. The van der Waals surface area contributed by atoms with Gasteiger partial charge in [0.2, 0.25) is 11.8 Å². The lowest BCUT2D eigenvalue weighted by Crippen LogP contribution is -2.43. The number of amides is 2. The summed E-state index contributed by atoms with van der Waals surface area (Å²) in [6.07, 6.45) is 8.54. The minimum Gasteiger partial charge on any atom is -0.338 e. The lowest BCUT2D eigenvalue weighted by molar-refractivity contribution is -0.132. The standard InChI is InChI=1S/C23H31Cl2N3O2/c1-18-17-27(22(29)9-7-19-6-8-20(24)21(25)16-19)15-10-23(30)28(18)14-5-13-26-11-3-2-4-12-26/h6-9,16,18H,2-5,10-15,17H2,1H3/b9-7+. The van der Waals surface area contributed by atoms with Crippen molar-refractivity contribution in [3.05, 3.63) is 39.9 Å². The van der Waals surface area contributed by atoms with Crippen molar-refractivity contribution < 1.29 is 9.59 Å². The first-order chi connectivity index (χ1) is 14.4. The molecular weight excluding hydrogens is 421 g/mol. The van der Waals surface area contributed by atoms with Crippen molar-refractivity contribution >= 4 is 41.1 Å². The first-order valence-electron chi connectivity index (χ1n) is 10.9. The molecule has 164 valence electrons. The number of carbonyl (C=O) groups is 2. The molecule has 3 rings (SSSR count). The molecular formula is C23H31Cl2N3O2. The number of carbonyl (C=O) groups excluding carboxylic acids is 2. The van der Waals surface area contributed by atoms with E-state index in [1.54, 1.807) is 29.2 Å². The molecule has 0 aromatic heterocycles. The Morgan fingerprint density at radius 3 is 2.60 bits per heavy atom. The molecule has 0 bridgehead atoms. The molecule has 1 unspecified atom stereocenters. The van der Waals surface area contributed by atoms with Gasteiger partial charge in [-0.25, -0.2) is 0 Å². The molecule has 0 saturated carbocycles. The van der Waals surface area contributed by atoms with Gasteiger partial charge < -0.3 is 14.7 Å². The summed E-state index contributed by atoms with van der Waals surface area (Å²) >= 11 is 12.0. The number of halogens is 2. The van der Waals surface area contributed by atoms with Gasteiger partial charge in [-0.3, -0.25) is 9.59 Å². The van der Waals surface area contributed by atoms with Crippen molar-refractivity contribution in [2.45, 2.75) is 45.1 Å². The van der Waals surface area contributed by atoms with Gasteiger partial charge in [0.15, 0.2) is 0 Å².